The molecular formula is C9H11Cl. The zero-order valence-electron chi connectivity index (χ0n) is 6.37. The van der Waals surface area contributed by atoms with Gasteiger partial charge in [0.1, 0.15) is 4.87 Å². The summed E-state index contributed by atoms with van der Waals surface area (Å²) in [4.78, 5) is -0.147. The molecule has 0 atom stereocenters. The predicted molar refractivity (Wildman–Crippen MR) is 45.0 cm³/mol. The molecule has 0 nitrogen and oxygen atoms in total. The van der Waals surface area contributed by atoms with Crippen LogP contribution in [0.3, 0.4) is 0 Å². The molecule has 0 aromatic heterocycles. The molecule has 0 heterocycles. The first kappa shape index (κ1) is 7.69. The van der Waals surface area contributed by atoms with Crippen LogP contribution in [0.2, 0.25) is 0 Å². The van der Waals surface area contributed by atoms with Crippen LogP contribution in [0.15, 0.2) is 11.6 Å². The summed E-state index contributed by atoms with van der Waals surface area (Å²) in [6.07, 6.45) is 4.01. The SMILES string of the molecule is CC(C)=CC#CC1(Cl)CC1. The fraction of sp³-hybridized carbons (Fsp3) is 0.556. The number of rotatable bonds is 0. The van der Waals surface area contributed by atoms with Crippen LogP contribution in [-0.4, -0.2) is 4.87 Å². The van der Waals surface area contributed by atoms with Crippen molar-refractivity contribution in [3.05, 3.63) is 11.6 Å². The molecule has 0 amide bonds. The Morgan fingerprint density at radius 2 is 2.10 bits per heavy atom. The first-order valence-electron chi connectivity index (χ1n) is 3.47. The second-order valence-corrected chi connectivity index (χ2v) is 3.68. The van der Waals surface area contributed by atoms with Gasteiger partial charge in [-0.3, -0.25) is 0 Å². The van der Waals surface area contributed by atoms with Gasteiger partial charge in [0.05, 0.1) is 0 Å². The van der Waals surface area contributed by atoms with E-state index < -0.39 is 0 Å². The largest absolute Gasteiger partial charge is 0.105 e. The van der Waals surface area contributed by atoms with Gasteiger partial charge >= 0.3 is 0 Å². The molecule has 1 aliphatic carbocycles. The topological polar surface area (TPSA) is 0 Å². The monoisotopic (exact) mass is 154 g/mol. The van der Waals surface area contributed by atoms with E-state index in [4.69, 9.17) is 11.6 Å². The minimum Gasteiger partial charge on any atom is -0.105 e. The van der Waals surface area contributed by atoms with Gasteiger partial charge in [-0.15, -0.1) is 11.6 Å². The quantitative estimate of drug-likeness (QED) is 0.372. The van der Waals surface area contributed by atoms with Crippen LogP contribution in [-0.2, 0) is 0 Å². The van der Waals surface area contributed by atoms with Gasteiger partial charge in [-0.05, 0) is 32.8 Å². The van der Waals surface area contributed by atoms with E-state index in [0.717, 1.165) is 12.8 Å². The highest BCUT2D eigenvalue weighted by Gasteiger charge is 2.38. The van der Waals surface area contributed by atoms with Crippen LogP contribution in [0.1, 0.15) is 26.7 Å². The van der Waals surface area contributed by atoms with E-state index in [-0.39, 0.29) is 4.87 Å². The Hall–Kier alpha value is -0.410. The summed E-state index contributed by atoms with van der Waals surface area (Å²) in [6, 6.07) is 0. The van der Waals surface area contributed by atoms with Crippen molar-refractivity contribution in [3.8, 4) is 11.8 Å². The van der Waals surface area contributed by atoms with E-state index in [1.807, 2.05) is 19.9 Å². The maximum Gasteiger partial charge on any atom is 0.105 e. The molecule has 0 aliphatic heterocycles. The van der Waals surface area contributed by atoms with Crippen molar-refractivity contribution in [3.63, 3.8) is 0 Å². The summed E-state index contributed by atoms with van der Waals surface area (Å²) < 4.78 is 0. The fourth-order valence-corrected chi connectivity index (χ4v) is 0.694. The van der Waals surface area contributed by atoms with Crippen molar-refractivity contribution in [2.75, 3.05) is 0 Å². The van der Waals surface area contributed by atoms with Crippen LogP contribution in [0.25, 0.3) is 0 Å². The Bertz CT molecular complexity index is 207. The summed E-state index contributed by atoms with van der Waals surface area (Å²) in [7, 11) is 0. The van der Waals surface area contributed by atoms with Gasteiger partial charge in [-0.25, -0.2) is 0 Å². The summed E-state index contributed by atoms with van der Waals surface area (Å²) >= 11 is 5.92. The Labute approximate surface area is 67.3 Å². The average Bonchev–Trinajstić information content (AvgIpc) is 2.47. The number of hydrogen-bond acceptors (Lipinski definition) is 0. The van der Waals surface area contributed by atoms with Crippen molar-refractivity contribution < 1.29 is 0 Å². The van der Waals surface area contributed by atoms with E-state index in [2.05, 4.69) is 11.8 Å². The Morgan fingerprint density at radius 3 is 2.50 bits per heavy atom. The van der Waals surface area contributed by atoms with Crippen molar-refractivity contribution in [2.45, 2.75) is 31.6 Å². The molecule has 0 unspecified atom stereocenters. The van der Waals surface area contributed by atoms with E-state index in [9.17, 15) is 0 Å². The molecule has 1 rings (SSSR count). The molecule has 54 valence electrons. The lowest BCUT2D eigenvalue weighted by Crippen LogP contribution is -1.88. The number of alkyl halides is 1. The molecule has 0 bridgehead atoms. The lowest BCUT2D eigenvalue weighted by Gasteiger charge is -1.86. The fourth-order valence-electron chi connectivity index (χ4n) is 0.545. The van der Waals surface area contributed by atoms with Gasteiger partial charge in [0.2, 0.25) is 0 Å². The summed E-state index contributed by atoms with van der Waals surface area (Å²) in [6.45, 7) is 4.06. The van der Waals surface area contributed by atoms with Gasteiger partial charge < -0.3 is 0 Å². The second kappa shape index (κ2) is 2.68. The molecule has 0 radical (unpaired) electrons. The zero-order valence-corrected chi connectivity index (χ0v) is 7.13. The molecular weight excluding hydrogens is 144 g/mol. The smallest absolute Gasteiger partial charge is 0.105 e. The van der Waals surface area contributed by atoms with Gasteiger partial charge in [0.25, 0.3) is 0 Å². The van der Waals surface area contributed by atoms with E-state index in [1.165, 1.54) is 5.57 Å². The van der Waals surface area contributed by atoms with E-state index in [1.54, 1.807) is 0 Å². The third-order valence-electron chi connectivity index (χ3n) is 1.35. The molecule has 0 saturated heterocycles. The third kappa shape index (κ3) is 2.45. The molecule has 0 aromatic rings. The maximum atomic E-state index is 5.92. The molecule has 0 aromatic carbocycles. The molecule has 1 saturated carbocycles. The van der Waals surface area contributed by atoms with E-state index in [0.29, 0.717) is 0 Å². The van der Waals surface area contributed by atoms with Crippen LogP contribution in [0, 0.1) is 11.8 Å². The highest BCUT2D eigenvalue weighted by Crippen LogP contribution is 2.41. The molecule has 1 heteroatoms. The summed E-state index contributed by atoms with van der Waals surface area (Å²) in [5.74, 6) is 5.95. The predicted octanol–water partition coefficient (Wildman–Crippen LogP) is 2.73. The summed E-state index contributed by atoms with van der Waals surface area (Å²) in [5.41, 5.74) is 1.23. The van der Waals surface area contributed by atoms with Crippen molar-refractivity contribution in [2.24, 2.45) is 0 Å². The third-order valence-corrected chi connectivity index (χ3v) is 1.82. The molecule has 1 fully saturated rings. The average molecular weight is 155 g/mol. The second-order valence-electron chi connectivity index (χ2n) is 2.96. The van der Waals surface area contributed by atoms with Crippen LogP contribution < -0.4 is 0 Å². The van der Waals surface area contributed by atoms with Crippen molar-refractivity contribution >= 4 is 11.6 Å². The first-order valence-corrected chi connectivity index (χ1v) is 3.85. The minimum absolute atomic E-state index is 0.147. The van der Waals surface area contributed by atoms with Crippen LogP contribution in [0.4, 0.5) is 0 Å². The lowest BCUT2D eigenvalue weighted by atomic mass is 10.3. The normalized spacial score (nSPS) is 18.7. The number of allylic oxidation sites excluding steroid dienone is 2. The Balaban J connectivity index is 2.47. The van der Waals surface area contributed by atoms with Gasteiger partial charge in [-0.1, -0.05) is 17.4 Å². The van der Waals surface area contributed by atoms with Gasteiger partial charge in [-0.2, -0.15) is 0 Å². The number of hydrogen-bond donors (Lipinski definition) is 0. The van der Waals surface area contributed by atoms with Crippen LogP contribution in [0.5, 0.6) is 0 Å². The molecule has 10 heavy (non-hydrogen) atoms. The van der Waals surface area contributed by atoms with Gasteiger partial charge in [0, 0.05) is 0 Å². The Kier molecular flexibility index (Phi) is 2.06. The standard InChI is InChI=1S/C9H11Cl/c1-8(2)4-3-5-9(10)6-7-9/h4H,6-7H2,1-2H3. The first-order chi connectivity index (χ1) is 4.62. The molecule has 1 aliphatic rings. The van der Waals surface area contributed by atoms with Crippen LogP contribution >= 0.6 is 11.6 Å². The Morgan fingerprint density at radius 1 is 1.50 bits per heavy atom. The summed E-state index contributed by atoms with van der Waals surface area (Å²) in [5, 5.41) is 0. The highest BCUT2D eigenvalue weighted by molar-refractivity contribution is 6.28. The zero-order chi connectivity index (χ0) is 7.61. The lowest BCUT2D eigenvalue weighted by molar-refractivity contribution is 1.23. The molecule has 0 spiro atoms. The minimum atomic E-state index is -0.147. The maximum absolute atomic E-state index is 5.92. The van der Waals surface area contributed by atoms with Crippen molar-refractivity contribution in [1.29, 1.82) is 0 Å². The van der Waals surface area contributed by atoms with Crippen molar-refractivity contribution in [1.82, 2.24) is 0 Å². The highest BCUT2D eigenvalue weighted by atomic mass is 35.5. The van der Waals surface area contributed by atoms with E-state index >= 15 is 0 Å². The number of halogens is 1. The molecule has 0 N–H and O–H groups in total. The van der Waals surface area contributed by atoms with Gasteiger partial charge in [0.15, 0.2) is 0 Å².